The number of H-pyrrole nitrogens is 1. The van der Waals surface area contributed by atoms with Gasteiger partial charge in [-0.15, -0.1) is 0 Å². The molecular formula is C16H20N4O3S. The smallest absolute Gasteiger partial charge is 0.269 e. The quantitative estimate of drug-likeness (QED) is 0.823. The molecule has 128 valence electrons. The highest BCUT2D eigenvalue weighted by Crippen LogP contribution is 2.21. The lowest BCUT2D eigenvalue weighted by Crippen LogP contribution is -2.23. The summed E-state index contributed by atoms with van der Waals surface area (Å²) in [4.78, 5) is 14.0. The van der Waals surface area contributed by atoms with Crippen LogP contribution in [0.15, 0.2) is 41.8 Å². The van der Waals surface area contributed by atoms with Crippen molar-refractivity contribution < 1.29 is 13.2 Å². The largest absolute Gasteiger partial charge is 0.378 e. The van der Waals surface area contributed by atoms with Crippen LogP contribution in [0.4, 0.5) is 5.69 Å². The van der Waals surface area contributed by atoms with Crippen LogP contribution in [0.3, 0.4) is 0 Å². The van der Waals surface area contributed by atoms with Gasteiger partial charge >= 0.3 is 0 Å². The van der Waals surface area contributed by atoms with Gasteiger partial charge < -0.3 is 10.2 Å². The highest BCUT2D eigenvalue weighted by atomic mass is 32.2. The lowest BCUT2D eigenvalue weighted by atomic mass is 10.1. The number of aromatic amines is 1. The van der Waals surface area contributed by atoms with Crippen LogP contribution >= 0.6 is 0 Å². The summed E-state index contributed by atoms with van der Waals surface area (Å²) in [5, 5.41) is 10.5. The fraction of sp³-hybridized carbons (Fsp3) is 0.250. The van der Waals surface area contributed by atoms with Gasteiger partial charge in [-0.25, -0.2) is 8.42 Å². The van der Waals surface area contributed by atoms with Crippen LogP contribution < -0.4 is 10.2 Å². The summed E-state index contributed by atoms with van der Waals surface area (Å²) in [6.07, 6.45) is 2.47. The SMILES string of the molecule is CN(C)c1ccc(-c2cc(C(=O)NC/C=C/S(C)(=O)=O)[nH]n2)cc1. The van der Waals surface area contributed by atoms with E-state index >= 15 is 0 Å². The van der Waals surface area contributed by atoms with Crippen LogP contribution in [0.25, 0.3) is 11.3 Å². The third-order valence-electron chi connectivity index (χ3n) is 3.23. The number of rotatable bonds is 6. The molecule has 0 atom stereocenters. The van der Waals surface area contributed by atoms with Gasteiger partial charge in [0, 0.05) is 43.6 Å². The third-order valence-corrected chi connectivity index (χ3v) is 3.91. The number of anilines is 1. The Morgan fingerprint density at radius 2 is 1.96 bits per heavy atom. The van der Waals surface area contributed by atoms with Crippen molar-refractivity contribution in [2.75, 3.05) is 31.8 Å². The third kappa shape index (κ3) is 4.95. The first kappa shape index (κ1) is 17.7. The van der Waals surface area contributed by atoms with Crippen molar-refractivity contribution in [2.45, 2.75) is 0 Å². The molecule has 2 aromatic rings. The standard InChI is InChI=1S/C16H20N4O3S/c1-20(2)13-7-5-12(6-8-13)14-11-15(19-18-14)16(21)17-9-4-10-24(3,22)23/h4-8,10-11H,9H2,1-3H3,(H,17,21)(H,18,19)/b10-4+. The van der Waals surface area contributed by atoms with Crippen LogP contribution in [0.2, 0.25) is 0 Å². The van der Waals surface area contributed by atoms with E-state index in [-0.39, 0.29) is 12.5 Å². The van der Waals surface area contributed by atoms with Gasteiger partial charge in [0.2, 0.25) is 0 Å². The lowest BCUT2D eigenvalue weighted by Gasteiger charge is -2.11. The molecule has 7 nitrogen and oxygen atoms in total. The summed E-state index contributed by atoms with van der Waals surface area (Å²) >= 11 is 0. The summed E-state index contributed by atoms with van der Waals surface area (Å²) in [7, 11) is 0.741. The summed E-state index contributed by atoms with van der Waals surface area (Å²) < 4.78 is 21.9. The normalized spacial score (nSPS) is 11.6. The van der Waals surface area contributed by atoms with E-state index in [1.807, 2.05) is 43.3 Å². The molecule has 0 aliphatic carbocycles. The van der Waals surface area contributed by atoms with Crippen molar-refractivity contribution in [1.29, 1.82) is 0 Å². The Hall–Kier alpha value is -2.61. The highest BCUT2D eigenvalue weighted by Gasteiger charge is 2.10. The van der Waals surface area contributed by atoms with Gasteiger partial charge in [0.25, 0.3) is 5.91 Å². The predicted octanol–water partition coefficient (Wildman–Crippen LogP) is 1.43. The molecule has 0 saturated heterocycles. The van der Waals surface area contributed by atoms with Crippen molar-refractivity contribution in [3.63, 3.8) is 0 Å². The summed E-state index contributed by atoms with van der Waals surface area (Å²) in [5.41, 5.74) is 2.95. The summed E-state index contributed by atoms with van der Waals surface area (Å²) in [6.45, 7) is 0.123. The molecule has 1 aromatic carbocycles. The van der Waals surface area contributed by atoms with Crippen molar-refractivity contribution in [2.24, 2.45) is 0 Å². The Bertz CT molecular complexity index is 836. The first-order valence-corrected chi connectivity index (χ1v) is 9.20. The maximum Gasteiger partial charge on any atom is 0.269 e. The molecule has 0 aliphatic heterocycles. The minimum absolute atomic E-state index is 0.123. The molecule has 0 unspecified atom stereocenters. The zero-order valence-electron chi connectivity index (χ0n) is 13.8. The fourth-order valence-corrected chi connectivity index (χ4v) is 2.43. The number of amides is 1. The second kappa shape index (κ2) is 7.31. The Kier molecular flexibility index (Phi) is 5.40. The minimum atomic E-state index is -3.18. The molecule has 0 fully saturated rings. The van der Waals surface area contributed by atoms with Gasteiger partial charge in [-0.1, -0.05) is 18.2 Å². The van der Waals surface area contributed by atoms with E-state index in [0.29, 0.717) is 11.4 Å². The molecule has 0 bridgehead atoms. The van der Waals surface area contributed by atoms with E-state index in [4.69, 9.17) is 0 Å². The maximum atomic E-state index is 12.0. The molecule has 0 spiro atoms. The average molecular weight is 348 g/mol. The Morgan fingerprint density at radius 3 is 2.54 bits per heavy atom. The monoisotopic (exact) mass is 348 g/mol. The minimum Gasteiger partial charge on any atom is -0.378 e. The topological polar surface area (TPSA) is 95.2 Å². The number of nitrogens with zero attached hydrogens (tertiary/aromatic N) is 2. The first-order chi connectivity index (χ1) is 11.3. The zero-order chi connectivity index (χ0) is 17.7. The van der Waals surface area contributed by atoms with E-state index in [1.165, 1.54) is 6.08 Å². The first-order valence-electron chi connectivity index (χ1n) is 7.24. The maximum absolute atomic E-state index is 12.0. The molecule has 2 rings (SSSR count). The molecule has 24 heavy (non-hydrogen) atoms. The number of nitrogens with one attached hydrogen (secondary N) is 2. The number of aromatic nitrogens is 2. The molecule has 2 N–H and O–H groups in total. The second-order valence-corrected chi connectivity index (χ2v) is 7.45. The molecule has 0 radical (unpaired) electrons. The van der Waals surface area contributed by atoms with Gasteiger partial charge in [-0.05, 0) is 18.2 Å². The van der Waals surface area contributed by atoms with Crippen LogP contribution in [0.1, 0.15) is 10.5 Å². The molecule has 1 amide bonds. The summed E-state index contributed by atoms with van der Waals surface area (Å²) in [5.74, 6) is -0.350. The van der Waals surface area contributed by atoms with E-state index in [9.17, 15) is 13.2 Å². The van der Waals surface area contributed by atoms with Crippen LogP contribution in [0, 0.1) is 0 Å². The number of hydrogen-bond acceptors (Lipinski definition) is 5. The predicted molar refractivity (Wildman–Crippen MR) is 94.7 cm³/mol. The lowest BCUT2D eigenvalue weighted by molar-refractivity contribution is 0.0953. The van der Waals surface area contributed by atoms with E-state index in [0.717, 1.165) is 22.9 Å². The molecule has 1 heterocycles. The van der Waals surface area contributed by atoms with Gasteiger partial charge in [0.15, 0.2) is 9.84 Å². The van der Waals surface area contributed by atoms with Crippen LogP contribution in [-0.2, 0) is 9.84 Å². The number of sulfone groups is 1. The molecule has 0 aliphatic rings. The average Bonchev–Trinajstić information content (AvgIpc) is 3.00. The fourth-order valence-electron chi connectivity index (χ4n) is 1.99. The highest BCUT2D eigenvalue weighted by molar-refractivity contribution is 7.93. The number of carbonyl (C=O) groups excluding carboxylic acids is 1. The Balaban J connectivity index is 2.02. The Morgan fingerprint density at radius 1 is 1.29 bits per heavy atom. The van der Waals surface area contributed by atoms with E-state index < -0.39 is 9.84 Å². The molecule has 1 aromatic heterocycles. The van der Waals surface area contributed by atoms with E-state index in [1.54, 1.807) is 6.07 Å². The number of benzene rings is 1. The summed E-state index contributed by atoms with van der Waals surface area (Å²) in [6, 6.07) is 9.46. The number of carbonyl (C=O) groups is 1. The van der Waals surface area contributed by atoms with Crippen LogP contribution in [-0.4, -0.2) is 51.4 Å². The Labute approximate surface area is 141 Å². The zero-order valence-corrected chi connectivity index (χ0v) is 14.6. The molecule has 0 saturated carbocycles. The van der Waals surface area contributed by atoms with Crippen molar-refractivity contribution in [1.82, 2.24) is 15.5 Å². The van der Waals surface area contributed by atoms with Crippen molar-refractivity contribution in [3.8, 4) is 11.3 Å². The number of hydrogen-bond donors (Lipinski definition) is 2. The van der Waals surface area contributed by atoms with Gasteiger partial charge in [0.1, 0.15) is 5.69 Å². The second-order valence-electron chi connectivity index (χ2n) is 5.52. The molecule has 8 heteroatoms. The molecular weight excluding hydrogens is 328 g/mol. The van der Waals surface area contributed by atoms with Crippen molar-refractivity contribution >= 4 is 21.4 Å². The van der Waals surface area contributed by atoms with Crippen LogP contribution in [0.5, 0.6) is 0 Å². The van der Waals surface area contributed by atoms with Crippen molar-refractivity contribution in [3.05, 3.63) is 47.5 Å². The van der Waals surface area contributed by atoms with Gasteiger partial charge in [0.05, 0.1) is 5.69 Å². The van der Waals surface area contributed by atoms with E-state index in [2.05, 4.69) is 15.5 Å². The van der Waals surface area contributed by atoms with Gasteiger partial charge in [-0.2, -0.15) is 5.10 Å². The van der Waals surface area contributed by atoms with Gasteiger partial charge in [-0.3, -0.25) is 9.89 Å².